The van der Waals surface area contributed by atoms with E-state index in [-0.39, 0.29) is 18.3 Å². The van der Waals surface area contributed by atoms with Gasteiger partial charge in [-0.1, -0.05) is 18.2 Å². The van der Waals surface area contributed by atoms with E-state index in [1.807, 2.05) is 12.1 Å². The number of carbonyl (C=O) groups is 1. The number of amides is 1. The highest BCUT2D eigenvalue weighted by Gasteiger charge is 2.11. The molecule has 5 nitrogen and oxygen atoms in total. The van der Waals surface area contributed by atoms with Crippen LogP contribution in [0.2, 0.25) is 0 Å². The minimum atomic E-state index is -0.427. The zero-order chi connectivity index (χ0) is 16.8. The maximum Gasteiger partial charge on any atom is 0.271 e. The number of ether oxygens (including phenoxy) is 1. The Morgan fingerprint density at radius 3 is 2.92 bits per heavy atom. The fourth-order valence-corrected chi connectivity index (χ4v) is 2.64. The molecule has 1 aromatic carbocycles. The van der Waals surface area contributed by atoms with Gasteiger partial charge in [0.15, 0.2) is 11.6 Å². The molecule has 0 aliphatic carbocycles. The average Bonchev–Trinajstić information content (AvgIpc) is 3.09. The Morgan fingerprint density at radius 2 is 2.12 bits per heavy atom. The standard InChI is InChI=1S/C17H14FN3O2S/c18-13-5-1-2-6-15(13)23-10-16-21-14(11-24-16)17(22)20-9-12-4-3-7-19-8-12/h1-8,11H,9-10H2,(H,20,22). The normalized spacial score (nSPS) is 10.4. The van der Waals surface area contributed by atoms with Crippen LogP contribution in [-0.2, 0) is 13.2 Å². The maximum absolute atomic E-state index is 13.5. The molecule has 122 valence electrons. The highest BCUT2D eigenvalue weighted by molar-refractivity contribution is 7.09. The Hall–Kier alpha value is -2.80. The van der Waals surface area contributed by atoms with Gasteiger partial charge in [-0.05, 0) is 23.8 Å². The van der Waals surface area contributed by atoms with Gasteiger partial charge in [-0.15, -0.1) is 11.3 Å². The van der Waals surface area contributed by atoms with Crippen molar-refractivity contribution in [1.82, 2.24) is 15.3 Å². The monoisotopic (exact) mass is 343 g/mol. The van der Waals surface area contributed by atoms with Gasteiger partial charge in [-0.2, -0.15) is 0 Å². The van der Waals surface area contributed by atoms with Crippen molar-refractivity contribution in [3.8, 4) is 5.75 Å². The summed E-state index contributed by atoms with van der Waals surface area (Å²) in [4.78, 5) is 20.3. The first-order valence-electron chi connectivity index (χ1n) is 7.21. The van der Waals surface area contributed by atoms with E-state index >= 15 is 0 Å². The van der Waals surface area contributed by atoms with Gasteiger partial charge in [0, 0.05) is 24.3 Å². The highest BCUT2D eigenvalue weighted by Crippen LogP contribution is 2.18. The number of hydrogen-bond donors (Lipinski definition) is 1. The van der Waals surface area contributed by atoms with E-state index < -0.39 is 5.82 Å². The predicted molar refractivity (Wildman–Crippen MR) is 88.3 cm³/mol. The van der Waals surface area contributed by atoms with Gasteiger partial charge in [0.25, 0.3) is 5.91 Å². The van der Waals surface area contributed by atoms with Crippen LogP contribution in [0, 0.1) is 5.82 Å². The molecule has 0 saturated heterocycles. The summed E-state index contributed by atoms with van der Waals surface area (Å²) in [5.74, 6) is -0.536. The molecular weight excluding hydrogens is 329 g/mol. The van der Waals surface area contributed by atoms with Crippen molar-refractivity contribution < 1.29 is 13.9 Å². The van der Waals surface area contributed by atoms with Crippen LogP contribution in [0.5, 0.6) is 5.75 Å². The molecule has 2 heterocycles. The minimum absolute atomic E-state index is 0.113. The van der Waals surface area contributed by atoms with Crippen molar-refractivity contribution in [3.05, 3.63) is 76.3 Å². The number of carbonyl (C=O) groups excluding carboxylic acids is 1. The lowest BCUT2D eigenvalue weighted by molar-refractivity contribution is 0.0946. The van der Waals surface area contributed by atoms with Crippen LogP contribution >= 0.6 is 11.3 Å². The smallest absolute Gasteiger partial charge is 0.271 e. The summed E-state index contributed by atoms with van der Waals surface area (Å²) < 4.78 is 18.9. The van der Waals surface area contributed by atoms with Crippen LogP contribution < -0.4 is 10.1 Å². The van der Waals surface area contributed by atoms with Gasteiger partial charge >= 0.3 is 0 Å². The van der Waals surface area contributed by atoms with Crippen LogP contribution in [0.4, 0.5) is 4.39 Å². The molecule has 24 heavy (non-hydrogen) atoms. The number of hydrogen-bond acceptors (Lipinski definition) is 5. The molecule has 0 atom stereocenters. The number of rotatable bonds is 6. The topological polar surface area (TPSA) is 64.1 Å². The molecule has 0 fully saturated rings. The number of pyridine rings is 1. The lowest BCUT2D eigenvalue weighted by Gasteiger charge is -2.04. The number of para-hydroxylation sites is 1. The van der Waals surface area contributed by atoms with Crippen LogP contribution in [0.25, 0.3) is 0 Å². The summed E-state index contributed by atoms with van der Waals surface area (Å²) >= 11 is 1.29. The number of aromatic nitrogens is 2. The second-order valence-electron chi connectivity index (χ2n) is 4.89. The maximum atomic E-state index is 13.5. The molecular formula is C17H14FN3O2S. The number of nitrogens with one attached hydrogen (secondary N) is 1. The first-order chi connectivity index (χ1) is 11.7. The quantitative estimate of drug-likeness (QED) is 0.747. The third kappa shape index (κ3) is 4.14. The van der Waals surface area contributed by atoms with Crippen molar-refractivity contribution in [2.75, 3.05) is 0 Å². The zero-order valence-corrected chi connectivity index (χ0v) is 13.4. The van der Waals surface area contributed by atoms with Gasteiger partial charge < -0.3 is 10.1 Å². The van der Waals surface area contributed by atoms with E-state index in [0.29, 0.717) is 17.2 Å². The second-order valence-corrected chi connectivity index (χ2v) is 5.83. The molecule has 0 aliphatic rings. The molecule has 3 aromatic rings. The molecule has 2 aromatic heterocycles. The zero-order valence-electron chi connectivity index (χ0n) is 12.6. The molecule has 0 spiro atoms. The van der Waals surface area contributed by atoms with Crippen molar-refractivity contribution >= 4 is 17.2 Å². The Balaban J connectivity index is 1.55. The first-order valence-corrected chi connectivity index (χ1v) is 8.09. The fraction of sp³-hybridized carbons (Fsp3) is 0.118. The summed E-state index contributed by atoms with van der Waals surface area (Å²) in [5.41, 5.74) is 1.22. The van der Waals surface area contributed by atoms with Gasteiger partial charge in [-0.25, -0.2) is 9.37 Å². The molecule has 0 saturated carbocycles. The Kier molecular flexibility index (Phi) is 5.12. The van der Waals surface area contributed by atoms with E-state index in [1.54, 1.807) is 36.0 Å². The average molecular weight is 343 g/mol. The van der Waals surface area contributed by atoms with Crippen molar-refractivity contribution in [3.63, 3.8) is 0 Å². The Labute approximate surface area is 142 Å². The molecule has 1 N–H and O–H groups in total. The third-order valence-electron chi connectivity index (χ3n) is 3.15. The number of benzene rings is 1. The van der Waals surface area contributed by atoms with Crippen molar-refractivity contribution in [1.29, 1.82) is 0 Å². The van der Waals surface area contributed by atoms with Crippen molar-refractivity contribution in [2.45, 2.75) is 13.2 Å². The number of thiazole rings is 1. The van der Waals surface area contributed by atoms with Gasteiger partial charge in [-0.3, -0.25) is 9.78 Å². The SMILES string of the molecule is O=C(NCc1cccnc1)c1csc(COc2ccccc2F)n1. The largest absolute Gasteiger partial charge is 0.483 e. The van der Waals surface area contributed by atoms with Crippen LogP contribution in [0.1, 0.15) is 21.1 Å². The Morgan fingerprint density at radius 1 is 1.25 bits per heavy atom. The van der Waals surface area contributed by atoms with Crippen LogP contribution in [-0.4, -0.2) is 15.9 Å². The molecule has 1 amide bonds. The molecule has 0 aliphatic heterocycles. The summed E-state index contributed by atoms with van der Waals surface area (Å²) in [7, 11) is 0. The fourth-order valence-electron chi connectivity index (χ4n) is 1.96. The predicted octanol–water partition coefficient (Wildman–Crippen LogP) is 3.19. The van der Waals surface area contributed by atoms with E-state index in [2.05, 4.69) is 15.3 Å². The molecule has 0 radical (unpaired) electrons. The lowest BCUT2D eigenvalue weighted by Crippen LogP contribution is -2.23. The van der Waals surface area contributed by atoms with Gasteiger partial charge in [0.05, 0.1) is 0 Å². The van der Waals surface area contributed by atoms with E-state index in [9.17, 15) is 9.18 Å². The van der Waals surface area contributed by atoms with Crippen LogP contribution in [0.15, 0.2) is 54.2 Å². The minimum Gasteiger partial charge on any atom is -0.483 e. The van der Waals surface area contributed by atoms with E-state index in [4.69, 9.17) is 4.74 Å². The lowest BCUT2D eigenvalue weighted by atomic mass is 10.3. The highest BCUT2D eigenvalue weighted by atomic mass is 32.1. The Bertz CT molecular complexity index is 823. The summed E-state index contributed by atoms with van der Waals surface area (Å²) in [6.45, 7) is 0.493. The van der Waals surface area contributed by atoms with Crippen molar-refractivity contribution in [2.24, 2.45) is 0 Å². The van der Waals surface area contributed by atoms with Gasteiger partial charge in [0.2, 0.25) is 0 Å². The molecule has 7 heteroatoms. The van der Waals surface area contributed by atoms with Gasteiger partial charge in [0.1, 0.15) is 17.3 Å². The first kappa shape index (κ1) is 16.1. The molecule has 3 rings (SSSR count). The summed E-state index contributed by atoms with van der Waals surface area (Å²) in [5, 5.41) is 5.03. The second kappa shape index (κ2) is 7.65. The van der Waals surface area contributed by atoms with Crippen LogP contribution in [0.3, 0.4) is 0 Å². The number of nitrogens with zero attached hydrogens (tertiary/aromatic N) is 2. The third-order valence-corrected chi connectivity index (χ3v) is 3.97. The number of halogens is 1. The molecule has 0 unspecified atom stereocenters. The summed E-state index contributed by atoms with van der Waals surface area (Å²) in [6.07, 6.45) is 3.36. The van der Waals surface area contributed by atoms with E-state index in [0.717, 1.165) is 5.56 Å². The molecule has 0 bridgehead atoms. The summed E-state index contributed by atoms with van der Waals surface area (Å²) in [6, 6.07) is 9.84. The van der Waals surface area contributed by atoms with E-state index in [1.165, 1.54) is 17.4 Å².